The summed E-state index contributed by atoms with van der Waals surface area (Å²) >= 11 is 0. The maximum atomic E-state index is 12.3. The van der Waals surface area contributed by atoms with Crippen LogP contribution in [-0.2, 0) is 13.0 Å². The standard InChI is InChI=1S/C24H29N5O/c1-28-13-10-18(11-14-28)16-25-15-17-5-7-19(8-6-17)23-20-9-12-26-24(30)21-3-2-4-22(27-23)29(20)21/h2-8,18,25H,9-16H2,1H3,(H,26,30). The second-order valence-corrected chi connectivity index (χ2v) is 8.59. The number of imidazole rings is 1. The van der Waals surface area contributed by atoms with Gasteiger partial charge in [-0.3, -0.25) is 9.20 Å². The lowest BCUT2D eigenvalue weighted by Crippen LogP contribution is -2.34. The predicted molar refractivity (Wildman–Crippen MR) is 119 cm³/mol. The monoisotopic (exact) mass is 403 g/mol. The molecule has 6 nitrogen and oxygen atoms in total. The van der Waals surface area contributed by atoms with Gasteiger partial charge < -0.3 is 15.5 Å². The fraction of sp³-hybridized carbons (Fsp3) is 0.417. The van der Waals surface area contributed by atoms with Gasteiger partial charge in [0, 0.05) is 25.1 Å². The number of benzene rings is 1. The number of aromatic nitrogens is 2. The van der Waals surface area contributed by atoms with Crippen LogP contribution < -0.4 is 10.6 Å². The molecule has 5 rings (SSSR count). The topological polar surface area (TPSA) is 61.7 Å². The molecule has 4 heterocycles. The normalized spacial score (nSPS) is 17.8. The van der Waals surface area contributed by atoms with Crippen LogP contribution in [0.2, 0.25) is 0 Å². The number of rotatable bonds is 5. The van der Waals surface area contributed by atoms with Gasteiger partial charge in [0.2, 0.25) is 0 Å². The van der Waals surface area contributed by atoms with E-state index in [1.54, 1.807) is 0 Å². The van der Waals surface area contributed by atoms with Crippen LogP contribution >= 0.6 is 0 Å². The number of nitrogens with zero attached hydrogens (tertiary/aromatic N) is 3. The third kappa shape index (κ3) is 3.73. The van der Waals surface area contributed by atoms with Crippen molar-refractivity contribution in [2.45, 2.75) is 25.8 Å². The minimum Gasteiger partial charge on any atom is -0.350 e. The lowest BCUT2D eigenvalue weighted by atomic mass is 9.97. The van der Waals surface area contributed by atoms with Crippen molar-refractivity contribution in [3.05, 3.63) is 59.4 Å². The van der Waals surface area contributed by atoms with Gasteiger partial charge in [0.15, 0.2) is 0 Å². The third-order valence-electron chi connectivity index (χ3n) is 6.45. The molecule has 156 valence electrons. The van der Waals surface area contributed by atoms with Crippen molar-refractivity contribution in [1.29, 1.82) is 0 Å². The Kier molecular flexibility index (Phi) is 5.27. The first kappa shape index (κ1) is 19.3. The van der Waals surface area contributed by atoms with E-state index in [2.05, 4.69) is 46.8 Å². The summed E-state index contributed by atoms with van der Waals surface area (Å²) in [5.41, 5.74) is 5.97. The zero-order chi connectivity index (χ0) is 20.5. The minimum atomic E-state index is -0.0330. The Bertz CT molecular complexity index is 1050. The van der Waals surface area contributed by atoms with Crippen molar-refractivity contribution in [2.24, 2.45) is 5.92 Å². The van der Waals surface area contributed by atoms with Gasteiger partial charge in [-0.15, -0.1) is 0 Å². The number of nitrogens with one attached hydrogen (secondary N) is 2. The summed E-state index contributed by atoms with van der Waals surface area (Å²) in [5, 5.41) is 6.61. The molecule has 0 unspecified atom stereocenters. The molecular formula is C24H29N5O. The summed E-state index contributed by atoms with van der Waals surface area (Å²) in [4.78, 5) is 19.6. The first-order valence-corrected chi connectivity index (χ1v) is 11.0. The summed E-state index contributed by atoms with van der Waals surface area (Å²) in [5.74, 6) is 0.760. The summed E-state index contributed by atoms with van der Waals surface area (Å²) in [7, 11) is 2.21. The molecule has 2 aromatic heterocycles. The average Bonchev–Trinajstić information content (AvgIpc) is 3.05. The number of carbonyl (C=O) groups excluding carboxylic acids is 1. The van der Waals surface area contributed by atoms with Crippen molar-refractivity contribution in [1.82, 2.24) is 24.9 Å². The molecule has 0 aliphatic carbocycles. The van der Waals surface area contributed by atoms with Crippen molar-refractivity contribution < 1.29 is 4.79 Å². The lowest BCUT2D eigenvalue weighted by Gasteiger charge is -2.29. The van der Waals surface area contributed by atoms with E-state index in [1.807, 2.05) is 22.6 Å². The van der Waals surface area contributed by atoms with Gasteiger partial charge in [0.05, 0.1) is 11.4 Å². The molecule has 0 radical (unpaired) electrons. The highest BCUT2D eigenvalue weighted by atomic mass is 16.1. The van der Waals surface area contributed by atoms with Crippen LogP contribution in [0.25, 0.3) is 16.9 Å². The van der Waals surface area contributed by atoms with Crippen LogP contribution in [0, 0.1) is 5.92 Å². The average molecular weight is 404 g/mol. The summed E-state index contributed by atoms with van der Waals surface area (Å²) in [6.07, 6.45) is 3.36. The highest BCUT2D eigenvalue weighted by molar-refractivity contribution is 5.94. The van der Waals surface area contributed by atoms with Crippen LogP contribution in [0.5, 0.6) is 0 Å². The molecule has 0 saturated carbocycles. The summed E-state index contributed by atoms with van der Waals surface area (Å²) < 4.78 is 2.01. The molecule has 6 heteroatoms. The van der Waals surface area contributed by atoms with E-state index >= 15 is 0 Å². The van der Waals surface area contributed by atoms with Gasteiger partial charge in [-0.2, -0.15) is 0 Å². The number of pyridine rings is 1. The fourth-order valence-electron chi connectivity index (χ4n) is 4.64. The van der Waals surface area contributed by atoms with E-state index in [1.165, 1.54) is 31.5 Å². The Morgan fingerprint density at radius 2 is 1.93 bits per heavy atom. The predicted octanol–water partition coefficient (Wildman–Crippen LogP) is 2.72. The molecule has 2 aliphatic rings. The van der Waals surface area contributed by atoms with Crippen molar-refractivity contribution in [3.63, 3.8) is 0 Å². The second-order valence-electron chi connectivity index (χ2n) is 8.59. The van der Waals surface area contributed by atoms with Gasteiger partial charge in [-0.1, -0.05) is 30.3 Å². The maximum Gasteiger partial charge on any atom is 0.268 e. The first-order valence-electron chi connectivity index (χ1n) is 11.0. The lowest BCUT2D eigenvalue weighted by molar-refractivity contribution is 0.0951. The van der Waals surface area contributed by atoms with Crippen LogP contribution in [-0.4, -0.2) is 53.4 Å². The van der Waals surface area contributed by atoms with Crippen LogP contribution in [0.4, 0.5) is 0 Å². The van der Waals surface area contributed by atoms with E-state index < -0.39 is 0 Å². The van der Waals surface area contributed by atoms with Crippen molar-refractivity contribution in [2.75, 3.05) is 33.2 Å². The van der Waals surface area contributed by atoms with E-state index in [-0.39, 0.29) is 5.91 Å². The van der Waals surface area contributed by atoms with Gasteiger partial charge in [-0.05, 0) is 63.1 Å². The van der Waals surface area contributed by atoms with Crippen LogP contribution in [0.15, 0.2) is 42.5 Å². The second kappa shape index (κ2) is 8.20. The van der Waals surface area contributed by atoms with Crippen molar-refractivity contribution in [3.8, 4) is 11.3 Å². The molecule has 2 N–H and O–H groups in total. The smallest absolute Gasteiger partial charge is 0.268 e. The molecule has 0 spiro atoms. The zero-order valence-corrected chi connectivity index (χ0v) is 17.5. The SMILES string of the molecule is CN1CCC(CNCc2ccc(-c3nc4cccc5n4c3CCNC5=O)cc2)CC1. The quantitative estimate of drug-likeness (QED) is 0.688. The Morgan fingerprint density at radius 1 is 1.13 bits per heavy atom. The molecule has 1 saturated heterocycles. The number of hydrogen-bond acceptors (Lipinski definition) is 4. The Balaban J connectivity index is 1.31. The number of likely N-dealkylation sites (tertiary alicyclic amines) is 1. The van der Waals surface area contributed by atoms with Gasteiger partial charge in [0.1, 0.15) is 11.3 Å². The molecule has 0 bridgehead atoms. The highest BCUT2D eigenvalue weighted by Gasteiger charge is 2.22. The molecular weight excluding hydrogens is 374 g/mol. The zero-order valence-electron chi connectivity index (χ0n) is 17.5. The first-order chi connectivity index (χ1) is 14.7. The molecule has 2 aliphatic heterocycles. The molecule has 1 fully saturated rings. The molecule has 30 heavy (non-hydrogen) atoms. The Labute approximate surface area is 177 Å². The number of carbonyl (C=O) groups is 1. The van der Waals surface area contributed by atoms with Crippen LogP contribution in [0.1, 0.15) is 34.6 Å². The maximum absolute atomic E-state index is 12.3. The van der Waals surface area contributed by atoms with Crippen molar-refractivity contribution >= 4 is 11.6 Å². The van der Waals surface area contributed by atoms with Crippen LogP contribution in [0.3, 0.4) is 0 Å². The number of hydrogen-bond donors (Lipinski definition) is 2. The Morgan fingerprint density at radius 3 is 2.73 bits per heavy atom. The summed E-state index contributed by atoms with van der Waals surface area (Å²) in [6, 6.07) is 14.4. The molecule has 0 atom stereocenters. The highest BCUT2D eigenvalue weighted by Crippen LogP contribution is 2.27. The third-order valence-corrected chi connectivity index (χ3v) is 6.45. The number of amides is 1. The van der Waals surface area contributed by atoms with Gasteiger partial charge in [0.25, 0.3) is 5.91 Å². The van der Waals surface area contributed by atoms with E-state index in [9.17, 15) is 4.79 Å². The molecule has 3 aromatic rings. The van der Waals surface area contributed by atoms with E-state index in [4.69, 9.17) is 4.98 Å². The largest absolute Gasteiger partial charge is 0.350 e. The molecule has 1 aromatic carbocycles. The molecule has 1 amide bonds. The van der Waals surface area contributed by atoms with E-state index in [0.29, 0.717) is 12.2 Å². The van der Waals surface area contributed by atoms with Gasteiger partial charge in [-0.25, -0.2) is 4.98 Å². The number of piperidine rings is 1. The fourth-order valence-corrected chi connectivity index (χ4v) is 4.64. The minimum absolute atomic E-state index is 0.0330. The van der Waals surface area contributed by atoms with E-state index in [0.717, 1.165) is 48.0 Å². The summed E-state index contributed by atoms with van der Waals surface area (Å²) in [6.45, 7) is 5.05. The Hall–Kier alpha value is -2.70. The van der Waals surface area contributed by atoms with Gasteiger partial charge >= 0.3 is 0 Å².